The van der Waals surface area contributed by atoms with Crippen LogP contribution >= 0.6 is 0 Å². The van der Waals surface area contributed by atoms with Gasteiger partial charge in [-0.2, -0.15) is 0 Å². The summed E-state index contributed by atoms with van der Waals surface area (Å²) in [6.45, 7) is 4.53. The zero-order chi connectivity index (χ0) is 23.0. The van der Waals surface area contributed by atoms with E-state index in [4.69, 9.17) is 4.98 Å². The summed E-state index contributed by atoms with van der Waals surface area (Å²) in [5, 5.41) is 16.9. The van der Waals surface area contributed by atoms with Gasteiger partial charge in [-0.15, -0.1) is 5.10 Å². The van der Waals surface area contributed by atoms with Crippen molar-refractivity contribution in [1.82, 2.24) is 30.2 Å². The minimum atomic E-state index is -3.38. The second-order valence-corrected chi connectivity index (χ2v) is 9.85. The van der Waals surface area contributed by atoms with E-state index >= 15 is 0 Å². The maximum atomic E-state index is 12.6. The zero-order valence-corrected chi connectivity index (χ0v) is 19.3. The number of H-pyrrole nitrogens is 1. The van der Waals surface area contributed by atoms with Gasteiger partial charge >= 0.3 is 0 Å². The molecule has 0 unspecified atom stereocenters. The number of rotatable bonds is 7. The summed E-state index contributed by atoms with van der Waals surface area (Å²) in [5.41, 5.74) is 4.08. The Balaban J connectivity index is 1.52. The second-order valence-electron chi connectivity index (χ2n) is 8.03. The molecule has 0 amide bonds. The predicted molar refractivity (Wildman–Crippen MR) is 127 cm³/mol. The van der Waals surface area contributed by atoms with Crippen molar-refractivity contribution in [1.29, 1.82) is 0 Å². The average Bonchev–Trinajstić information content (AvgIpc) is 3.51. The van der Waals surface area contributed by atoms with Crippen LogP contribution in [0, 0.1) is 0 Å². The van der Waals surface area contributed by atoms with Gasteiger partial charge in [0.1, 0.15) is 11.2 Å². The predicted octanol–water partition coefficient (Wildman–Crippen LogP) is 2.42. The highest BCUT2D eigenvalue weighted by Gasteiger charge is 2.25. The standard InChI is InChI=1S/C24H24N6O2S/c1-3-7-22-25-23-20(15-33(31,32)21(23)4-2)30(22)14-16-10-12-17(13-11-16)18-8-5-6-9-19(18)24-26-28-29-27-24/h5-6,8-13,15H,3-4,7,14H2,1-2H3,(H,26,27,28,29). The van der Waals surface area contributed by atoms with Crippen LogP contribution in [0.25, 0.3) is 32.8 Å². The fraction of sp³-hybridized carbons (Fsp3) is 0.250. The molecule has 1 aliphatic rings. The smallest absolute Gasteiger partial charge is 0.200 e. The van der Waals surface area contributed by atoms with Gasteiger partial charge in [-0.25, -0.2) is 18.5 Å². The highest BCUT2D eigenvalue weighted by molar-refractivity contribution is 8.07. The van der Waals surface area contributed by atoms with Crippen molar-refractivity contribution in [3.8, 4) is 22.5 Å². The third kappa shape index (κ3) is 3.78. The Morgan fingerprint density at radius 1 is 1.00 bits per heavy atom. The normalized spacial score (nSPS) is 14.3. The number of aryl methyl sites for hydroxylation is 1. The van der Waals surface area contributed by atoms with Gasteiger partial charge < -0.3 is 4.57 Å². The fourth-order valence-electron chi connectivity index (χ4n) is 4.34. The largest absolute Gasteiger partial charge is 0.323 e. The third-order valence-electron chi connectivity index (χ3n) is 5.89. The van der Waals surface area contributed by atoms with Crippen LogP contribution in [0.2, 0.25) is 0 Å². The molecule has 0 saturated carbocycles. The molecule has 1 N–H and O–H groups in total. The van der Waals surface area contributed by atoms with Gasteiger partial charge in [0.25, 0.3) is 0 Å². The maximum Gasteiger partial charge on any atom is 0.200 e. The average molecular weight is 461 g/mol. The van der Waals surface area contributed by atoms with E-state index in [9.17, 15) is 8.42 Å². The topological polar surface area (TPSA) is 106 Å². The van der Waals surface area contributed by atoms with Crippen LogP contribution in [0.1, 0.15) is 38.1 Å². The van der Waals surface area contributed by atoms with Crippen LogP contribution in [0.15, 0.2) is 48.5 Å². The van der Waals surface area contributed by atoms with Crippen LogP contribution < -0.4 is 10.7 Å². The number of tetrazole rings is 1. The van der Waals surface area contributed by atoms with Crippen LogP contribution in [0.3, 0.4) is 0 Å². The van der Waals surface area contributed by atoms with E-state index < -0.39 is 9.84 Å². The molecule has 1 aliphatic heterocycles. The molecule has 168 valence electrons. The van der Waals surface area contributed by atoms with E-state index in [0.717, 1.165) is 40.9 Å². The molecule has 0 aliphatic carbocycles. The highest BCUT2D eigenvalue weighted by Crippen LogP contribution is 2.29. The molecule has 4 aromatic rings. The van der Waals surface area contributed by atoms with Crippen LogP contribution in [0.5, 0.6) is 0 Å². The van der Waals surface area contributed by atoms with E-state index in [2.05, 4.69) is 51.8 Å². The lowest BCUT2D eigenvalue weighted by Crippen LogP contribution is -2.29. The summed E-state index contributed by atoms with van der Waals surface area (Å²) in [5.74, 6) is 1.54. The van der Waals surface area contributed by atoms with E-state index in [1.165, 1.54) is 5.41 Å². The maximum absolute atomic E-state index is 12.6. The molecule has 33 heavy (non-hydrogen) atoms. The molecule has 3 heterocycles. The summed E-state index contributed by atoms with van der Waals surface area (Å²) in [4.78, 5) is 5.14. The monoisotopic (exact) mass is 460 g/mol. The van der Waals surface area contributed by atoms with Crippen molar-refractivity contribution in [3.05, 3.63) is 70.6 Å². The Hall–Kier alpha value is -3.59. The number of imidazole rings is 1. The van der Waals surface area contributed by atoms with Gasteiger partial charge in [-0.1, -0.05) is 62.4 Å². The van der Waals surface area contributed by atoms with E-state index in [0.29, 0.717) is 34.4 Å². The number of aromatic amines is 1. The molecule has 0 fully saturated rings. The SMILES string of the molecule is CCCc1nc2c(n1Cc1ccc(-c3ccccc3-c3nnn[nH]3)cc1)=CS(=O)(=O)C=2CC. The van der Waals surface area contributed by atoms with Gasteiger partial charge in [-0.05, 0) is 40.0 Å². The molecule has 0 spiro atoms. The molecule has 0 radical (unpaired) electrons. The fourth-order valence-corrected chi connectivity index (χ4v) is 5.83. The van der Waals surface area contributed by atoms with Gasteiger partial charge in [-0.3, -0.25) is 0 Å². The first kappa shape index (κ1) is 21.3. The lowest BCUT2D eigenvalue weighted by Gasteiger charge is -2.11. The first-order valence-electron chi connectivity index (χ1n) is 11.0. The van der Waals surface area contributed by atoms with Crippen LogP contribution in [-0.2, 0) is 22.8 Å². The van der Waals surface area contributed by atoms with Gasteiger partial charge in [0.05, 0.1) is 15.7 Å². The summed E-state index contributed by atoms with van der Waals surface area (Å²) in [7, 11) is -3.38. The minimum Gasteiger partial charge on any atom is -0.323 e. The molecule has 2 aromatic carbocycles. The van der Waals surface area contributed by atoms with E-state index in [1.54, 1.807) is 0 Å². The molecule has 2 aromatic heterocycles. The van der Waals surface area contributed by atoms with Crippen molar-refractivity contribution in [2.75, 3.05) is 0 Å². The number of benzene rings is 2. The summed E-state index contributed by atoms with van der Waals surface area (Å²) < 4.78 is 27.2. The minimum absolute atomic E-state index is 0.419. The molecule has 5 rings (SSSR count). The highest BCUT2D eigenvalue weighted by atomic mass is 32.2. The summed E-state index contributed by atoms with van der Waals surface area (Å²) in [6.07, 6.45) is 2.19. The molecule has 0 bridgehead atoms. The third-order valence-corrected chi connectivity index (χ3v) is 7.59. The quantitative estimate of drug-likeness (QED) is 0.454. The van der Waals surface area contributed by atoms with Crippen molar-refractivity contribution >= 4 is 20.2 Å². The Kier molecular flexibility index (Phi) is 5.41. The Morgan fingerprint density at radius 3 is 2.42 bits per heavy atom. The second kappa shape index (κ2) is 8.40. The first-order chi connectivity index (χ1) is 16.0. The van der Waals surface area contributed by atoms with Gasteiger partial charge in [0.2, 0.25) is 0 Å². The summed E-state index contributed by atoms with van der Waals surface area (Å²) in [6, 6.07) is 16.2. The number of nitrogens with one attached hydrogen (secondary N) is 1. The Morgan fingerprint density at radius 2 is 1.76 bits per heavy atom. The molecular formula is C24H24N6O2S. The lowest BCUT2D eigenvalue weighted by atomic mass is 9.98. The number of aromatic nitrogens is 6. The summed E-state index contributed by atoms with van der Waals surface area (Å²) >= 11 is 0. The number of fused-ring (bicyclic) bond motifs is 1. The Bertz CT molecular complexity index is 1540. The van der Waals surface area contributed by atoms with E-state index in [1.807, 2.05) is 35.8 Å². The van der Waals surface area contributed by atoms with Crippen molar-refractivity contribution in [2.45, 2.75) is 39.7 Å². The zero-order valence-electron chi connectivity index (χ0n) is 18.5. The molecule has 8 nitrogen and oxygen atoms in total. The van der Waals surface area contributed by atoms with Crippen molar-refractivity contribution < 1.29 is 8.42 Å². The van der Waals surface area contributed by atoms with Gasteiger partial charge in [0.15, 0.2) is 15.7 Å². The molecule has 0 atom stereocenters. The number of sulfone groups is 1. The first-order valence-corrected chi connectivity index (χ1v) is 12.5. The Labute approximate surface area is 191 Å². The molecule has 0 saturated heterocycles. The molecular weight excluding hydrogens is 436 g/mol. The van der Waals surface area contributed by atoms with Gasteiger partial charge in [0, 0.05) is 18.5 Å². The van der Waals surface area contributed by atoms with E-state index in [-0.39, 0.29) is 0 Å². The number of nitrogens with zero attached hydrogens (tertiary/aromatic N) is 5. The van der Waals surface area contributed by atoms with Crippen LogP contribution in [-0.4, -0.2) is 38.6 Å². The van der Waals surface area contributed by atoms with Crippen molar-refractivity contribution in [2.24, 2.45) is 0 Å². The molecule has 9 heteroatoms. The lowest BCUT2D eigenvalue weighted by molar-refractivity contribution is 0.614. The number of hydrogen-bond donors (Lipinski definition) is 1. The van der Waals surface area contributed by atoms with Crippen molar-refractivity contribution in [3.63, 3.8) is 0 Å². The van der Waals surface area contributed by atoms with Crippen LogP contribution in [0.4, 0.5) is 0 Å². The number of hydrogen-bond acceptors (Lipinski definition) is 6.